The van der Waals surface area contributed by atoms with Gasteiger partial charge in [-0.3, -0.25) is 0 Å². The smallest absolute Gasteiger partial charge is 0.432 e. The van der Waals surface area contributed by atoms with Crippen LogP contribution >= 0.6 is 0 Å². The number of ether oxygens (including phenoxy) is 1. The molecule has 1 amide bonds. The first-order valence-electron chi connectivity index (χ1n) is 4.97. The van der Waals surface area contributed by atoms with Gasteiger partial charge in [-0.15, -0.1) is 5.11 Å². The summed E-state index contributed by atoms with van der Waals surface area (Å²) < 4.78 is 4.90. The second kappa shape index (κ2) is 4.00. The van der Waals surface area contributed by atoms with Crippen molar-refractivity contribution in [2.24, 2.45) is 10.3 Å². The van der Waals surface area contributed by atoms with Gasteiger partial charge in [-0.05, 0) is 34.6 Å². The minimum atomic E-state index is -0.523. The lowest BCUT2D eigenvalue weighted by molar-refractivity contribution is 0.0839. The number of allylic oxidation sites excluding steroid dienone is 1. The van der Waals surface area contributed by atoms with Crippen LogP contribution in [0.25, 0.3) is 0 Å². The van der Waals surface area contributed by atoms with Crippen molar-refractivity contribution in [3.8, 4) is 0 Å². The SMILES string of the molecule is CCOC(=O)N1N=NC(=C(C)C)C1(C)C. The van der Waals surface area contributed by atoms with Gasteiger partial charge in [0, 0.05) is 0 Å². The zero-order valence-electron chi connectivity index (χ0n) is 9.87. The average molecular weight is 211 g/mol. The molecule has 1 rings (SSSR count). The maximum absolute atomic E-state index is 11.6. The molecular weight excluding hydrogens is 194 g/mol. The van der Waals surface area contributed by atoms with E-state index in [4.69, 9.17) is 4.74 Å². The van der Waals surface area contributed by atoms with E-state index in [0.717, 1.165) is 11.3 Å². The predicted molar refractivity (Wildman–Crippen MR) is 56.2 cm³/mol. The van der Waals surface area contributed by atoms with Crippen LogP contribution in [-0.2, 0) is 4.74 Å². The highest BCUT2D eigenvalue weighted by atomic mass is 16.6. The first-order valence-corrected chi connectivity index (χ1v) is 4.97. The van der Waals surface area contributed by atoms with Gasteiger partial charge in [-0.25, -0.2) is 4.79 Å². The molecular formula is C10H17N3O2. The number of carbonyl (C=O) groups is 1. The molecule has 0 saturated carbocycles. The quantitative estimate of drug-likeness (QED) is 0.669. The summed E-state index contributed by atoms with van der Waals surface area (Å²) in [5.74, 6) is 0. The van der Waals surface area contributed by atoms with Gasteiger partial charge in [-0.2, -0.15) is 5.01 Å². The highest BCUT2D eigenvalue weighted by Gasteiger charge is 2.41. The number of rotatable bonds is 1. The number of hydrogen-bond acceptors (Lipinski definition) is 4. The van der Waals surface area contributed by atoms with Gasteiger partial charge in [0.25, 0.3) is 0 Å². The topological polar surface area (TPSA) is 54.3 Å². The van der Waals surface area contributed by atoms with E-state index in [1.54, 1.807) is 6.92 Å². The van der Waals surface area contributed by atoms with Crippen LogP contribution in [0.3, 0.4) is 0 Å². The van der Waals surface area contributed by atoms with Gasteiger partial charge < -0.3 is 4.74 Å². The Hall–Kier alpha value is -1.39. The Morgan fingerprint density at radius 1 is 1.47 bits per heavy atom. The normalized spacial score (nSPS) is 18.2. The number of amides is 1. The first-order chi connectivity index (χ1) is 6.91. The number of hydrogen-bond donors (Lipinski definition) is 0. The van der Waals surface area contributed by atoms with E-state index in [1.807, 2.05) is 27.7 Å². The van der Waals surface area contributed by atoms with E-state index < -0.39 is 11.6 Å². The maximum Gasteiger partial charge on any atom is 0.432 e. The molecule has 0 fully saturated rings. The van der Waals surface area contributed by atoms with Crippen molar-refractivity contribution in [2.45, 2.75) is 40.2 Å². The monoisotopic (exact) mass is 211 g/mol. The van der Waals surface area contributed by atoms with Gasteiger partial charge in [0.2, 0.25) is 0 Å². The van der Waals surface area contributed by atoms with E-state index in [2.05, 4.69) is 10.3 Å². The second-order valence-corrected chi connectivity index (χ2v) is 4.11. The number of nitrogens with zero attached hydrogens (tertiary/aromatic N) is 3. The Bertz CT molecular complexity index is 328. The lowest BCUT2D eigenvalue weighted by atomic mass is 9.98. The van der Waals surface area contributed by atoms with Gasteiger partial charge in [0.05, 0.1) is 12.3 Å². The standard InChI is InChI=1S/C10H17N3O2/c1-6-15-9(14)13-10(4,5)8(7(2)3)11-12-13/h6H2,1-5H3. The molecule has 0 spiro atoms. The van der Waals surface area contributed by atoms with E-state index in [0.29, 0.717) is 6.61 Å². The van der Waals surface area contributed by atoms with Crippen LogP contribution in [0.1, 0.15) is 34.6 Å². The molecule has 1 aliphatic rings. The summed E-state index contributed by atoms with van der Waals surface area (Å²) in [4.78, 5) is 11.6. The maximum atomic E-state index is 11.6. The fourth-order valence-electron chi connectivity index (χ4n) is 1.59. The minimum Gasteiger partial charge on any atom is -0.448 e. The third kappa shape index (κ3) is 2.00. The molecule has 5 nitrogen and oxygen atoms in total. The van der Waals surface area contributed by atoms with Crippen LogP contribution in [0.15, 0.2) is 21.6 Å². The van der Waals surface area contributed by atoms with Crippen molar-refractivity contribution >= 4 is 6.09 Å². The molecule has 0 unspecified atom stereocenters. The van der Waals surface area contributed by atoms with E-state index in [1.165, 1.54) is 5.01 Å². The predicted octanol–water partition coefficient (Wildman–Crippen LogP) is 2.90. The highest BCUT2D eigenvalue weighted by molar-refractivity contribution is 5.69. The summed E-state index contributed by atoms with van der Waals surface area (Å²) in [6.45, 7) is 9.79. The van der Waals surface area contributed by atoms with Crippen molar-refractivity contribution < 1.29 is 9.53 Å². The van der Waals surface area contributed by atoms with E-state index in [-0.39, 0.29) is 0 Å². The zero-order valence-corrected chi connectivity index (χ0v) is 9.87. The summed E-state index contributed by atoms with van der Waals surface area (Å²) in [7, 11) is 0. The molecule has 5 heteroatoms. The molecule has 0 atom stereocenters. The van der Waals surface area contributed by atoms with Crippen LogP contribution < -0.4 is 0 Å². The van der Waals surface area contributed by atoms with Crippen molar-refractivity contribution in [1.82, 2.24) is 5.01 Å². The molecule has 1 aliphatic heterocycles. The molecule has 0 saturated heterocycles. The summed E-state index contributed by atoms with van der Waals surface area (Å²) in [6.07, 6.45) is -0.456. The first kappa shape index (κ1) is 11.7. The molecule has 15 heavy (non-hydrogen) atoms. The Kier molecular flexibility index (Phi) is 3.12. The van der Waals surface area contributed by atoms with Crippen molar-refractivity contribution in [3.63, 3.8) is 0 Å². The lowest BCUT2D eigenvalue weighted by Gasteiger charge is -2.27. The van der Waals surface area contributed by atoms with Gasteiger partial charge in [0.1, 0.15) is 5.54 Å². The van der Waals surface area contributed by atoms with Crippen molar-refractivity contribution in [3.05, 3.63) is 11.3 Å². The molecule has 0 aliphatic carbocycles. The third-order valence-electron chi connectivity index (χ3n) is 2.26. The molecule has 0 aromatic heterocycles. The molecule has 0 aromatic rings. The lowest BCUT2D eigenvalue weighted by Crippen LogP contribution is -2.42. The Labute approximate surface area is 89.8 Å². The molecule has 0 N–H and O–H groups in total. The zero-order chi connectivity index (χ0) is 11.6. The van der Waals surface area contributed by atoms with Gasteiger partial charge >= 0.3 is 6.09 Å². The third-order valence-corrected chi connectivity index (χ3v) is 2.26. The average Bonchev–Trinajstić information content (AvgIpc) is 2.41. The van der Waals surface area contributed by atoms with Crippen LogP contribution in [-0.4, -0.2) is 23.2 Å². The molecule has 0 bridgehead atoms. The van der Waals surface area contributed by atoms with Crippen molar-refractivity contribution in [1.29, 1.82) is 0 Å². The fourth-order valence-corrected chi connectivity index (χ4v) is 1.59. The second-order valence-electron chi connectivity index (χ2n) is 4.11. The van der Waals surface area contributed by atoms with Crippen LogP contribution in [0.2, 0.25) is 0 Å². The van der Waals surface area contributed by atoms with Gasteiger partial charge in [-0.1, -0.05) is 10.8 Å². The van der Waals surface area contributed by atoms with Crippen LogP contribution in [0.5, 0.6) is 0 Å². The summed E-state index contributed by atoms with van der Waals surface area (Å²) in [5, 5.41) is 9.11. The van der Waals surface area contributed by atoms with Crippen LogP contribution in [0, 0.1) is 0 Å². The Morgan fingerprint density at radius 2 is 2.07 bits per heavy atom. The summed E-state index contributed by atoms with van der Waals surface area (Å²) >= 11 is 0. The minimum absolute atomic E-state index is 0.338. The number of carbonyl (C=O) groups excluding carboxylic acids is 1. The van der Waals surface area contributed by atoms with E-state index in [9.17, 15) is 4.79 Å². The largest absolute Gasteiger partial charge is 0.448 e. The molecule has 0 radical (unpaired) electrons. The summed E-state index contributed by atoms with van der Waals surface area (Å²) in [6, 6.07) is 0. The summed E-state index contributed by atoms with van der Waals surface area (Å²) in [5.41, 5.74) is 1.34. The molecule has 84 valence electrons. The fraction of sp³-hybridized carbons (Fsp3) is 0.700. The Morgan fingerprint density at radius 3 is 2.47 bits per heavy atom. The van der Waals surface area contributed by atoms with E-state index >= 15 is 0 Å². The molecule has 0 aromatic carbocycles. The van der Waals surface area contributed by atoms with Gasteiger partial charge in [0.15, 0.2) is 0 Å². The highest BCUT2D eigenvalue weighted by Crippen LogP contribution is 2.34. The van der Waals surface area contributed by atoms with Crippen molar-refractivity contribution in [2.75, 3.05) is 6.61 Å². The molecule has 1 heterocycles. The Balaban J connectivity index is 2.95. The van der Waals surface area contributed by atoms with Crippen LogP contribution in [0.4, 0.5) is 4.79 Å².